The Morgan fingerprint density at radius 1 is 1.04 bits per heavy atom. The van der Waals surface area contributed by atoms with Crippen LogP contribution in [0, 0.1) is 5.92 Å². The molecule has 3 rings (SSSR count). The van der Waals surface area contributed by atoms with Crippen molar-refractivity contribution in [2.45, 2.75) is 26.7 Å². The van der Waals surface area contributed by atoms with Crippen molar-refractivity contribution in [3.63, 3.8) is 0 Å². The van der Waals surface area contributed by atoms with Crippen LogP contribution in [0.1, 0.15) is 25.8 Å². The summed E-state index contributed by atoms with van der Waals surface area (Å²) in [6.45, 7) is 5.01. The molecule has 0 aromatic heterocycles. The third kappa shape index (κ3) is 4.42. The molecular weight excluding hydrogens is 326 g/mol. The minimum absolute atomic E-state index is 0.0172. The number of amides is 2. The summed E-state index contributed by atoms with van der Waals surface area (Å²) in [5, 5.41) is 6.04. The molecule has 26 heavy (non-hydrogen) atoms. The van der Waals surface area contributed by atoms with E-state index in [0.717, 1.165) is 30.0 Å². The van der Waals surface area contributed by atoms with E-state index in [1.54, 1.807) is 0 Å². The zero-order valence-corrected chi connectivity index (χ0v) is 15.3. The van der Waals surface area contributed by atoms with Gasteiger partial charge in [-0.1, -0.05) is 32.0 Å². The topological polar surface area (TPSA) is 61.4 Å². The van der Waals surface area contributed by atoms with Crippen LogP contribution in [0.2, 0.25) is 0 Å². The molecule has 1 aliphatic rings. The molecule has 0 saturated heterocycles. The molecule has 1 heterocycles. The van der Waals surface area contributed by atoms with Gasteiger partial charge in [0.05, 0.1) is 6.54 Å². The molecule has 5 heteroatoms. The van der Waals surface area contributed by atoms with Crippen LogP contribution in [0.25, 0.3) is 0 Å². The molecule has 2 amide bonds. The van der Waals surface area contributed by atoms with Gasteiger partial charge in [-0.3, -0.25) is 9.59 Å². The number of hydrogen-bond acceptors (Lipinski definition) is 3. The number of nitrogens with one attached hydrogen (secondary N) is 2. The van der Waals surface area contributed by atoms with E-state index in [1.807, 2.05) is 61.2 Å². The van der Waals surface area contributed by atoms with Crippen molar-refractivity contribution in [3.05, 3.63) is 54.1 Å². The van der Waals surface area contributed by atoms with E-state index in [2.05, 4.69) is 16.7 Å². The Morgan fingerprint density at radius 2 is 1.73 bits per heavy atom. The second-order valence-corrected chi connectivity index (χ2v) is 7.00. The monoisotopic (exact) mass is 351 g/mol. The maximum Gasteiger partial charge on any atom is 0.246 e. The fourth-order valence-corrected chi connectivity index (χ4v) is 3.12. The number of hydrogen-bond donors (Lipinski definition) is 2. The van der Waals surface area contributed by atoms with Gasteiger partial charge in [-0.25, -0.2) is 0 Å². The quantitative estimate of drug-likeness (QED) is 0.835. The first kappa shape index (κ1) is 18.0. The molecule has 0 fully saturated rings. The normalized spacial score (nSPS) is 12.8. The number of carbonyl (C=O) groups is 2. The van der Waals surface area contributed by atoms with E-state index >= 15 is 0 Å². The number of benzene rings is 2. The second-order valence-electron chi connectivity index (χ2n) is 7.00. The number of carbonyl (C=O) groups excluding carboxylic acids is 2. The molecule has 0 aliphatic carbocycles. The molecule has 1 aliphatic heterocycles. The summed E-state index contributed by atoms with van der Waals surface area (Å²) in [7, 11) is 0. The highest BCUT2D eigenvalue weighted by Crippen LogP contribution is 2.27. The minimum Gasteiger partial charge on any atom is -0.376 e. The van der Waals surface area contributed by atoms with E-state index in [4.69, 9.17) is 0 Å². The largest absolute Gasteiger partial charge is 0.376 e. The van der Waals surface area contributed by atoms with Crippen molar-refractivity contribution in [2.24, 2.45) is 5.92 Å². The second kappa shape index (κ2) is 8.04. The molecule has 0 atom stereocenters. The number of fused-ring (bicyclic) bond motifs is 1. The highest BCUT2D eigenvalue weighted by Gasteiger charge is 2.23. The van der Waals surface area contributed by atoms with Crippen molar-refractivity contribution in [1.29, 1.82) is 0 Å². The van der Waals surface area contributed by atoms with E-state index in [1.165, 1.54) is 5.56 Å². The number of rotatable bonds is 6. The molecular formula is C21H25N3O2. The predicted octanol–water partition coefficient (Wildman–Crippen LogP) is 3.67. The Morgan fingerprint density at radius 3 is 2.46 bits per heavy atom. The van der Waals surface area contributed by atoms with Gasteiger partial charge in [0.15, 0.2) is 0 Å². The van der Waals surface area contributed by atoms with Crippen LogP contribution in [0.5, 0.6) is 0 Å². The standard InChI is InChI=1S/C21H25N3O2/c1-15(2)13-20(25)23-18-9-7-17(8-10-18)22-14-21(26)24-12-11-16-5-3-4-6-19(16)24/h3-10,15,22H,11-14H2,1-2H3,(H,23,25). The van der Waals surface area contributed by atoms with Gasteiger partial charge in [0.25, 0.3) is 0 Å². The molecule has 0 unspecified atom stereocenters. The first-order valence-corrected chi connectivity index (χ1v) is 9.05. The summed E-state index contributed by atoms with van der Waals surface area (Å²) in [5.41, 5.74) is 3.86. The summed E-state index contributed by atoms with van der Waals surface area (Å²) >= 11 is 0. The van der Waals surface area contributed by atoms with Crippen molar-refractivity contribution in [3.8, 4) is 0 Å². The summed E-state index contributed by atoms with van der Waals surface area (Å²) < 4.78 is 0. The summed E-state index contributed by atoms with van der Waals surface area (Å²) in [6, 6.07) is 15.5. The highest BCUT2D eigenvalue weighted by molar-refractivity contribution is 5.98. The van der Waals surface area contributed by atoms with Crippen LogP contribution in [0.3, 0.4) is 0 Å². The predicted molar refractivity (Wildman–Crippen MR) is 106 cm³/mol. The van der Waals surface area contributed by atoms with Crippen molar-refractivity contribution in [1.82, 2.24) is 0 Å². The van der Waals surface area contributed by atoms with Gasteiger partial charge in [-0.2, -0.15) is 0 Å². The van der Waals surface area contributed by atoms with Crippen LogP contribution in [0.15, 0.2) is 48.5 Å². The first-order valence-electron chi connectivity index (χ1n) is 9.05. The zero-order chi connectivity index (χ0) is 18.5. The van der Waals surface area contributed by atoms with E-state index < -0.39 is 0 Å². The molecule has 136 valence electrons. The fraction of sp³-hybridized carbons (Fsp3) is 0.333. The van der Waals surface area contributed by atoms with Gasteiger partial charge in [0, 0.05) is 30.0 Å². The Hall–Kier alpha value is -2.82. The van der Waals surface area contributed by atoms with Crippen LogP contribution in [-0.2, 0) is 16.0 Å². The van der Waals surface area contributed by atoms with Crippen molar-refractivity contribution < 1.29 is 9.59 Å². The van der Waals surface area contributed by atoms with Crippen molar-refractivity contribution in [2.75, 3.05) is 28.6 Å². The van der Waals surface area contributed by atoms with E-state index in [9.17, 15) is 9.59 Å². The minimum atomic E-state index is 0.0172. The van der Waals surface area contributed by atoms with E-state index in [0.29, 0.717) is 12.3 Å². The fourth-order valence-electron chi connectivity index (χ4n) is 3.12. The lowest BCUT2D eigenvalue weighted by Crippen LogP contribution is -2.34. The Kier molecular flexibility index (Phi) is 5.56. The van der Waals surface area contributed by atoms with Crippen LogP contribution in [-0.4, -0.2) is 24.9 Å². The Balaban J connectivity index is 1.52. The smallest absolute Gasteiger partial charge is 0.246 e. The summed E-state index contributed by atoms with van der Waals surface area (Å²) in [5.74, 6) is 0.408. The molecule has 0 bridgehead atoms. The first-order chi connectivity index (χ1) is 12.5. The van der Waals surface area contributed by atoms with Gasteiger partial charge in [0.1, 0.15) is 0 Å². The molecule has 2 aromatic rings. The van der Waals surface area contributed by atoms with Gasteiger partial charge in [-0.15, -0.1) is 0 Å². The third-order valence-corrected chi connectivity index (χ3v) is 4.39. The van der Waals surface area contributed by atoms with Gasteiger partial charge in [0.2, 0.25) is 11.8 Å². The summed E-state index contributed by atoms with van der Waals surface area (Å²) in [4.78, 5) is 26.1. The molecule has 2 aromatic carbocycles. The van der Waals surface area contributed by atoms with Gasteiger partial charge < -0.3 is 15.5 Å². The SMILES string of the molecule is CC(C)CC(=O)Nc1ccc(NCC(=O)N2CCc3ccccc32)cc1. The van der Waals surface area contributed by atoms with Crippen molar-refractivity contribution >= 4 is 28.9 Å². The van der Waals surface area contributed by atoms with Crippen LogP contribution >= 0.6 is 0 Å². The van der Waals surface area contributed by atoms with E-state index in [-0.39, 0.29) is 18.4 Å². The molecule has 5 nitrogen and oxygen atoms in total. The van der Waals surface area contributed by atoms with Crippen LogP contribution in [0.4, 0.5) is 17.1 Å². The van der Waals surface area contributed by atoms with Gasteiger partial charge >= 0.3 is 0 Å². The average Bonchev–Trinajstić information content (AvgIpc) is 3.04. The Bertz CT molecular complexity index is 784. The third-order valence-electron chi connectivity index (χ3n) is 4.39. The highest BCUT2D eigenvalue weighted by atomic mass is 16.2. The maximum absolute atomic E-state index is 12.5. The summed E-state index contributed by atoms with van der Waals surface area (Å²) in [6.07, 6.45) is 1.42. The average molecular weight is 351 g/mol. The lowest BCUT2D eigenvalue weighted by atomic mass is 10.1. The lowest BCUT2D eigenvalue weighted by molar-refractivity contribution is -0.117. The molecule has 0 saturated carbocycles. The zero-order valence-electron chi connectivity index (χ0n) is 15.3. The van der Waals surface area contributed by atoms with Crippen LogP contribution < -0.4 is 15.5 Å². The maximum atomic E-state index is 12.5. The number of nitrogens with zero attached hydrogens (tertiary/aromatic N) is 1. The number of para-hydroxylation sites is 1. The molecule has 0 spiro atoms. The Labute approximate surface area is 154 Å². The molecule has 0 radical (unpaired) electrons. The lowest BCUT2D eigenvalue weighted by Gasteiger charge is -2.18. The van der Waals surface area contributed by atoms with Gasteiger partial charge in [-0.05, 0) is 48.2 Å². The number of anilines is 3. The molecule has 2 N–H and O–H groups in total.